The van der Waals surface area contributed by atoms with E-state index in [1.807, 2.05) is 50.5 Å². The summed E-state index contributed by atoms with van der Waals surface area (Å²) in [6, 6.07) is 11.7. The maximum Gasteiger partial charge on any atom is 0.193 e. The van der Waals surface area contributed by atoms with Crippen molar-refractivity contribution in [3.8, 4) is 0 Å². The summed E-state index contributed by atoms with van der Waals surface area (Å²) >= 11 is 0. The zero-order valence-electron chi connectivity index (χ0n) is 13.8. The van der Waals surface area contributed by atoms with Crippen molar-refractivity contribution < 1.29 is 9.15 Å². The molecule has 0 aliphatic rings. The number of benzene rings is 1. The molecule has 0 radical (unpaired) electrons. The second-order valence-electron chi connectivity index (χ2n) is 5.44. The minimum atomic E-state index is 0.0413. The number of nitrogens with zero attached hydrogens (tertiary/aromatic N) is 2. The van der Waals surface area contributed by atoms with Gasteiger partial charge in [-0.3, -0.25) is 9.89 Å². The van der Waals surface area contributed by atoms with Crippen molar-refractivity contribution in [1.82, 2.24) is 4.90 Å². The summed E-state index contributed by atoms with van der Waals surface area (Å²) < 4.78 is 10.7. The van der Waals surface area contributed by atoms with E-state index in [2.05, 4.69) is 15.2 Å². The van der Waals surface area contributed by atoms with Gasteiger partial charge in [0.2, 0.25) is 0 Å². The second-order valence-corrected chi connectivity index (χ2v) is 5.44. The second kappa shape index (κ2) is 8.36. The third-order valence-electron chi connectivity index (χ3n) is 3.51. The number of anilines is 1. The molecule has 0 spiro atoms. The normalized spacial score (nSPS) is 13.3. The van der Waals surface area contributed by atoms with Gasteiger partial charge in [0.25, 0.3) is 0 Å². The largest absolute Gasteiger partial charge is 0.468 e. The Balaban J connectivity index is 2.05. The molecule has 1 aromatic heterocycles. The third-order valence-corrected chi connectivity index (χ3v) is 3.51. The summed E-state index contributed by atoms with van der Waals surface area (Å²) in [4.78, 5) is 6.49. The van der Waals surface area contributed by atoms with Crippen LogP contribution in [0.5, 0.6) is 0 Å². The van der Waals surface area contributed by atoms with Crippen molar-refractivity contribution >= 4 is 11.6 Å². The molecule has 0 aliphatic carbocycles. The van der Waals surface area contributed by atoms with Crippen molar-refractivity contribution in [1.29, 1.82) is 0 Å². The number of methoxy groups -OCH3 is 1. The van der Waals surface area contributed by atoms with E-state index in [-0.39, 0.29) is 6.04 Å². The molecule has 1 unspecified atom stereocenters. The molecule has 0 amide bonds. The van der Waals surface area contributed by atoms with E-state index in [1.54, 1.807) is 13.4 Å². The number of likely N-dealkylation sites (N-methyl/N-ethyl adjacent to an activating group) is 1. The van der Waals surface area contributed by atoms with Gasteiger partial charge in [-0.2, -0.15) is 0 Å². The highest BCUT2D eigenvalue weighted by molar-refractivity contribution is 5.93. The number of nitrogens with two attached hydrogens (primary N) is 1. The van der Waals surface area contributed by atoms with Crippen molar-refractivity contribution in [2.45, 2.75) is 12.6 Å². The Morgan fingerprint density at radius 3 is 2.74 bits per heavy atom. The predicted molar refractivity (Wildman–Crippen MR) is 92.4 cm³/mol. The molecule has 1 heterocycles. The van der Waals surface area contributed by atoms with Crippen LogP contribution in [0.2, 0.25) is 0 Å². The summed E-state index contributed by atoms with van der Waals surface area (Å²) in [7, 11) is 5.64. The smallest absolute Gasteiger partial charge is 0.193 e. The summed E-state index contributed by atoms with van der Waals surface area (Å²) in [5, 5.41) is 3.13. The number of nitrogens with one attached hydrogen (secondary N) is 1. The number of aliphatic imine (C=N–C) groups is 1. The van der Waals surface area contributed by atoms with Crippen molar-refractivity contribution in [2.24, 2.45) is 10.7 Å². The van der Waals surface area contributed by atoms with Gasteiger partial charge in [-0.1, -0.05) is 18.2 Å². The van der Waals surface area contributed by atoms with Gasteiger partial charge in [-0.25, -0.2) is 0 Å². The summed E-state index contributed by atoms with van der Waals surface area (Å²) in [6.45, 7) is 1.02. The lowest BCUT2D eigenvalue weighted by Gasteiger charge is -2.20. The fourth-order valence-electron chi connectivity index (χ4n) is 2.27. The van der Waals surface area contributed by atoms with Gasteiger partial charge in [0, 0.05) is 18.4 Å². The monoisotopic (exact) mass is 316 g/mol. The number of rotatable bonds is 7. The van der Waals surface area contributed by atoms with Crippen LogP contribution >= 0.6 is 0 Å². The Bertz CT molecular complexity index is 623. The van der Waals surface area contributed by atoms with Crippen LogP contribution < -0.4 is 11.1 Å². The van der Waals surface area contributed by atoms with Crippen molar-refractivity contribution in [3.63, 3.8) is 0 Å². The molecule has 0 fully saturated rings. The Kier molecular flexibility index (Phi) is 6.19. The van der Waals surface area contributed by atoms with Crippen LogP contribution in [0.3, 0.4) is 0 Å². The summed E-state index contributed by atoms with van der Waals surface area (Å²) in [6.07, 6.45) is 1.66. The lowest BCUT2D eigenvalue weighted by atomic mass is 10.2. The van der Waals surface area contributed by atoms with Gasteiger partial charge in [0.15, 0.2) is 5.96 Å². The van der Waals surface area contributed by atoms with Gasteiger partial charge in [0.1, 0.15) is 5.76 Å². The Hall–Kier alpha value is -2.31. The first kappa shape index (κ1) is 17.1. The topological polar surface area (TPSA) is 76.0 Å². The highest BCUT2D eigenvalue weighted by Crippen LogP contribution is 2.19. The van der Waals surface area contributed by atoms with Crippen LogP contribution in [0, 0.1) is 0 Å². The molecule has 23 heavy (non-hydrogen) atoms. The SMILES string of the molecule is COCc1ccccc1NC(N)=NCC(c1ccco1)N(C)C. The first-order valence-electron chi connectivity index (χ1n) is 7.45. The average Bonchev–Trinajstić information content (AvgIpc) is 3.03. The summed E-state index contributed by atoms with van der Waals surface area (Å²) in [5.74, 6) is 1.23. The van der Waals surface area contributed by atoms with Crippen LogP contribution in [0.15, 0.2) is 52.1 Å². The quantitative estimate of drug-likeness (QED) is 0.606. The number of hydrogen-bond donors (Lipinski definition) is 2. The fraction of sp³-hybridized carbons (Fsp3) is 0.353. The van der Waals surface area contributed by atoms with E-state index < -0.39 is 0 Å². The number of para-hydroxylation sites is 1. The lowest BCUT2D eigenvalue weighted by Crippen LogP contribution is -2.27. The van der Waals surface area contributed by atoms with Gasteiger partial charge < -0.3 is 20.2 Å². The summed E-state index contributed by atoms with van der Waals surface area (Å²) in [5.41, 5.74) is 7.95. The van der Waals surface area contributed by atoms with Gasteiger partial charge in [0.05, 0.1) is 25.5 Å². The predicted octanol–water partition coefficient (Wildman–Crippen LogP) is 2.46. The van der Waals surface area contributed by atoms with Crippen molar-refractivity contribution in [3.05, 3.63) is 54.0 Å². The molecular formula is C17H24N4O2. The molecule has 1 aromatic carbocycles. The van der Waals surface area contributed by atoms with Crippen LogP contribution in [0.1, 0.15) is 17.4 Å². The molecule has 124 valence electrons. The Morgan fingerprint density at radius 2 is 2.09 bits per heavy atom. The maximum atomic E-state index is 6.02. The molecule has 2 aromatic rings. The van der Waals surface area contributed by atoms with Gasteiger partial charge in [-0.15, -0.1) is 0 Å². The number of ether oxygens (including phenoxy) is 1. The third kappa shape index (κ3) is 4.84. The van der Waals surface area contributed by atoms with Crippen LogP contribution in [-0.4, -0.2) is 38.6 Å². The molecule has 6 nitrogen and oxygen atoms in total. The minimum Gasteiger partial charge on any atom is -0.468 e. The van der Waals surface area contributed by atoms with Crippen LogP contribution in [0.25, 0.3) is 0 Å². The first-order valence-corrected chi connectivity index (χ1v) is 7.45. The molecule has 0 saturated heterocycles. The minimum absolute atomic E-state index is 0.0413. The maximum absolute atomic E-state index is 6.02. The molecule has 0 bridgehead atoms. The number of furan rings is 1. The zero-order valence-corrected chi connectivity index (χ0v) is 13.8. The standard InChI is InChI=1S/C17H24N4O2/c1-21(2)15(16-9-6-10-23-16)11-19-17(18)20-14-8-5-4-7-13(14)12-22-3/h4-10,15H,11-12H2,1-3H3,(H3,18,19,20). The molecule has 3 N–H and O–H groups in total. The molecule has 0 aliphatic heterocycles. The molecule has 0 saturated carbocycles. The first-order chi connectivity index (χ1) is 11.1. The van der Waals surface area contributed by atoms with E-state index in [4.69, 9.17) is 14.9 Å². The number of guanidine groups is 1. The molecule has 1 atom stereocenters. The van der Waals surface area contributed by atoms with Crippen LogP contribution in [-0.2, 0) is 11.3 Å². The Morgan fingerprint density at radius 1 is 1.30 bits per heavy atom. The zero-order chi connectivity index (χ0) is 16.7. The van der Waals surface area contributed by atoms with Gasteiger partial charge in [-0.05, 0) is 32.3 Å². The highest BCUT2D eigenvalue weighted by atomic mass is 16.5. The van der Waals surface area contributed by atoms with Crippen LogP contribution in [0.4, 0.5) is 5.69 Å². The van der Waals surface area contributed by atoms with Gasteiger partial charge >= 0.3 is 0 Å². The number of hydrogen-bond acceptors (Lipinski definition) is 4. The highest BCUT2D eigenvalue weighted by Gasteiger charge is 2.16. The van der Waals surface area contributed by atoms with Crippen molar-refractivity contribution in [2.75, 3.05) is 33.1 Å². The van der Waals surface area contributed by atoms with E-state index >= 15 is 0 Å². The lowest BCUT2D eigenvalue weighted by molar-refractivity contribution is 0.185. The van der Waals surface area contributed by atoms with E-state index in [0.717, 1.165) is 17.0 Å². The van der Waals surface area contributed by atoms with E-state index in [9.17, 15) is 0 Å². The average molecular weight is 316 g/mol. The molecule has 2 rings (SSSR count). The molecular weight excluding hydrogens is 292 g/mol. The van der Waals surface area contributed by atoms with E-state index in [0.29, 0.717) is 19.1 Å². The van der Waals surface area contributed by atoms with E-state index in [1.165, 1.54) is 0 Å². The molecule has 6 heteroatoms. The Labute approximate surface area is 136 Å². The fourth-order valence-corrected chi connectivity index (χ4v) is 2.27.